The van der Waals surface area contributed by atoms with Crippen molar-refractivity contribution in [2.24, 2.45) is 5.92 Å². The molecule has 18 heavy (non-hydrogen) atoms. The number of hydrogen-bond acceptors (Lipinski definition) is 5. The lowest BCUT2D eigenvalue weighted by Crippen LogP contribution is -2.19. The van der Waals surface area contributed by atoms with E-state index in [-0.39, 0.29) is 6.10 Å². The molecule has 0 amide bonds. The van der Waals surface area contributed by atoms with Gasteiger partial charge in [-0.15, -0.1) is 11.3 Å². The van der Waals surface area contributed by atoms with Crippen LogP contribution in [-0.4, -0.2) is 23.1 Å². The van der Waals surface area contributed by atoms with E-state index in [2.05, 4.69) is 49.0 Å². The number of ether oxygens (including phenoxy) is 1. The first-order chi connectivity index (χ1) is 8.51. The van der Waals surface area contributed by atoms with Gasteiger partial charge in [-0.2, -0.15) is 4.98 Å². The van der Waals surface area contributed by atoms with Crippen molar-refractivity contribution in [3.8, 4) is 5.88 Å². The van der Waals surface area contributed by atoms with E-state index < -0.39 is 0 Å². The first-order valence-electron chi connectivity index (χ1n) is 6.14. The third-order valence-electron chi connectivity index (χ3n) is 2.94. The zero-order valence-electron chi connectivity index (χ0n) is 11.4. The van der Waals surface area contributed by atoms with E-state index in [0.717, 1.165) is 10.2 Å². The molecule has 0 aliphatic heterocycles. The molecule has 2 aromatic rings. The minimum absolute atomic E-state index is 0.132. The Balaban J connectivity index is 2.46. The SMILES string of the molecule is CNc1nc(OC(C)C(C)C)c2cc(C)sc2n1. The fourth-order valence-electron chi connectivity index (χ4n) is 1.53. The Morgan fingerprint density at radius 3 is 2.61 bits per heavy atom. The van der Waals surface area contributed by atoms with Crippen molar-refractivity contribution in [3.05, 3.63) is 10.9 Å². The number of hydrogen-bond donors (Lipinski definition) is 1. The molecule has 1 N–H and O–H groups in total. The largest absolute Gasteiger partial charge is 0.474 e. The van der Waals surface area contributed by atoms with Crippen molar-refractivity contribution in [3.63, 3.8) is 0 Å². The van der Waals surface area contributed by atoms with E-state index in [1.165, 1.54) is 4.88 Å². The smallest absolute Gasteiger partial charge is 0.227 e. The van der Waals surface area contributed by atoms with Crippen LogP contribution in [0.4, 0.5) is 5.95 Å². The molecule has 1 atom stereocenters. The van der Waals surface area contributed by atoms with Crippen molar-refractivity contribution in [2.45, 2.75) is 33.8 Å². The lowest BCUT2D eigenvalue weighted by Gasteiger charge is -2.18. The summed E-state index contributed by atoms with van der Waals surface area (Å²) in [5.41, 5.74) is 0. The maximum atomic E-state index is 5.96. The summed E-state index contributed by atoms with van der Waals surface area (Å²) < 4.78 is 5.96. The maximum absolute atomic E-state index is 5.96. The van der Waals surface area contributed by atoms with Gasteiger partial charge >= 0.3 is 0 Å². The van der Waals surface area contributed by atoms with Crippen LogP contribution in [0.15, 0.2) is 6.07 Å². The Kier molecular flexibility index (Phi) is 3.71. The van der Waals surface area contributed by atoms with Crippen LogP contribution in [0.1, 0.15) is 25.6 Å². The van der Waals surface area contributed by atoms with E-state index >= 15 is 0 Å². The molecule has 0 saturated heterocycles. The molecule has 1 unspecified atom stereocenters. The summed E-state index contributed by atoms with van der Waals surface area (Å²) in [6.45, 7) is 8.42. The molecular weight excluding hydrogens is 246 g/mol. The van der Waals surface area contributed by atoms with E-state index in [9.17, 15) is 0 Å². The molecule has 0 bridgehead atoms. The Labute approximate surface area is 111 Å². The molecule has 2 aromatic heterocycles. The average Bonchev–Trinajstić information content (AvgIpc) is 2.69. The second-order valence-electron chi connectivity index (χ2n) is 4.75. The number of nitrogens with zero attached hydrogens (tertiary/aromatic N) is 2. The Bertz CT molecular complexity index is 550. The van der Waals surface area contributed by atoms with Gasteiger partial charge in [0, 0.05) is 11.9 Å². The van der Waals surface area contributed by atoms with Gasteiger partial charge in [0.2, 0.25) is 11.8 Å². The van der Waals surface area contributed by atoms with Crippen LogP contribution in [0.3, 0.4) is 0 Å². The molecule has 98 valence electrons. The minimum Gasteiger partial charge on any atom is -0.474 e. The molecular formula is C13H19N3OS. The van der Waals surface area contributed by atoms with E-state index in [0.29, 0.717) is 17.7 Å². The molecule has 2 rings (SSSR count). The molecule has 0 fully saturated rings. The Hall–Kier alpha value is -1.36. The first-order valence-corrected chi connectivity index (χ1v) is 6.95. The molecule has 4 nitrogen and oxygen atoms in total. The first kappa shape index (κ1) is 13.1. The Morgan fingerprint density at radius 2 is 2.00 bits per heavy atom. The van der Waals surface area contributed by atoms with Gasteiger partial charge in [0.1, 0.15) is 4.83 Å². The van der Waals surface area contributed by atoms with Crippen LogP contribution in [0, 0.1) is 12.8 Å². The quantitative estimate of drug-likeness (QED) is 0.919. The third-order valence-corrected chi connectivity index (χ3v) is 3.89. The summed E-state index contributed by atoms with van der Waals surface area (Å²) in [6, 6.07) is 2.09. The monoisotopic (exact) mass is 265 g/mol. The molecule has 5 heteroatoms. The second kappa shape index (κ2) is 5.10. The van der Waals surface area contributed by atoms with Crippen LogP contribution in [0.5, 0.6) is 5.88 Å². The van der Waals surface area contributed by atoms with Gasteiger partial charge in [0.25, 0.3) is 0 Å². The number of fused-ring (bicyclic) bond motifs is 1. The normalized spacial score (nSPS) is 13.0. The summed E-state index contributed by atoms with van der Waals surface area (Å²) in [6.07, 6.45) is 0.132. The highest BCUT2D eigenvalue weighted by atomic mass is 32.1. The number of aryl methyl sites for hydroxylation is 1. The summed E-state index contributed by atoms with van der Waals surface area (Å²) >= 11 is 1.66. The van der Waals surface area contributed by atoms with Crippen molar-refractivity contribution < 1.29 is 4.74 Å². The van der Waals surface area contributed by atoms with Gasteiger partial charge in [-0.1, -0.05) is 13.8 Å². The van der Waals surface area contributed by atoms with Crippen molar-refractivity contribution >= 4 is 27.5 Å². The fourth-order valence-corrected chi connectivity index (χ4v) is 2.40. The molecule has 0 radical (unpaired) electrons. The van der Waals surface area contributed by atoms with Crippen molar-refractivity contribution in [1.29, 1.82) is 0 Å². The Morgan fingerprint density at radius 1 is 1.28 bits per heavy atom. The molecule has 0 saturated carbocycles. The van der Waals surface area contributed by atoms with Gasteiger partial charge in [0.15, 0.2) is 0 Å². The standard InChI is InChI=1S/C13H19N3OS/c1-7(2)9(4)17-11-10-6-8(3)18-12(10)16-13(14-5)15-11/h6-7,9H,1-5H3,(H,14,15,16). The van der Waals surface area contributed by atoms with E-state index in [4.69, 9.17) is 4.74 Å². The fraction of sp³-hybridized carbons (Fsp3) is 0.538. The predicted octanol–water partition coefficient (Wildman–Crippen LogP) is 3.46. The molecule has 0 aromatic carbocycles. The van der Waals surface area contributed by atoms with Crippen LogP contribution in [-0.2, 0) is 0 Å². The van der Waals surface area contributed by atoms with Crippen LogP contribution in [0.25, 0.3) is 10.2 Å². The molecule has 0 spiro atoms. The number of anilines is 1. The summed E-state index contributed by atoms with van der Waals surface area (Å²) in [7, 11) is 1.82. The van der Waals surface area contributed by atoms with Gasteiger partial charge < -0.3 is 10.1 Å². The molecule has 2 heterocycles. The highest BCUT2D eigenvalue weighted by molar-refractivity contribution is 7.18. The summed E-state index contributed by atoms with van der Waals surface area (Å²) in [4.78, 5) is 11.0. The van der Waals surface area contributed by atoms with Crippen LogP contribution >= 0.6 is 11.3 Å². The molecule has 0 aliphatic rings. The molecule has 0 aliphatic carbocycles. The number of nitrogens with one attached hydrogen (secondary N) is 1. The number of thiophene rings is 1. The third kappa shape index (κ3) is 2.56. The number of rotatable bonds is 4. The summed E-state index contributed by atoms with van der Waals surface area (Å²) in [5.74, 6) is 1.73. The van der Waals surface area contributed by atoms with Crippen molar-refractivity contribution in [2.75, 3.05) is 12.4 Å². The zero-order valence-corrected chi connectivity index (χ0v) is 12.3. The lowest BCUT2D eigenvalue weighted by molar-refractivity contribution is 0.166. The van der Waals surface area contributed by atoms with Gasteiger partial charge in [-0.05, 0) is 25.8 Å². The topological polar surface area (TPSA) is 47.0 Å². The highest BCUT2D eigenvalue weighted by Gasteiger charge is 2.15. The minimum atomic E-state index is 0.132. The van der Waals surface area contributed by atoms with Crippen molar-refractivity contribution in [1.82, 2.24) is 9.97 Å². The second-order valence-corrected chi connectivity index (χ2v) is 5.98. The van der Waals surface area contributed by atoms with Gasteiger partial charge in [-0.25, -0.2) is 4.98 Å². The van der Waals surface area contributed by atoms with Gasteiger partial charge in [0.05, 0.1) is 11.5 Å². The van der Waals surface area contributed by atoms with Crippen LogP contribution < -0.4 is 10.1 Å². The number of aromatic nitrogens is 2. The average molecular weight is 265 g/mol. The highest BCUT2D eigenvalue weighted by Crippen LogP contribution is 2.31. The van der Waals surface area contributed by atoms with E-state index in [1.807, 2.05) is 7.05 Å². The van der Waals surface area contributed by atoms with E-state index in [1.54, 1.807) is 11.3 Å². The maximum Gasteiger partial charge on any atom is 0.227 e. The summed E-state index contributed by atoms with van der Waals surface area (Å²) in [5, 5.41) is 3.98. The zero-order chi connectivity index (χ0) is 13.3. The lowest BCUT2D eigenvalue weighted by atomic mass is 10.1. The predicted molar refractivity (Wildman–Crippen MR) is 76.6 cm³/mol. The van der Waals surface area contributed by atoms with Gasteiger partial charge in [-0.3, -0.25) is 0 Å². The van der Waals surface area contributed by atoms with Crippen LogP contribution in [0.2, 0.25) is 0 Å².